The normalized spacial score (nSPS) is 10.5. The summed E-state index contributed by atoms with van der Waals surface area (Å²) >= 11 is 0. The van der Waals surface area contributed by atoms with Gasteiger partial charge in [0.15, 0.2) is 0 Å². The summed E-state index contributed by atoms with van der Waals surface area (Å²) in [6, 6.07) is 10.5. The number of hydrogen-bond donors (Lipinski definition) is 2. The highest BCUT2D eigenvalue weighted by Gasteiger charge is 2.16. The monoisotopic (exact) mass is 369 g/mol. The van der Waals surface area contributed by atoms with Crippen molar-refractivity contribution in [2.75, 3.05) is 12.4 Å². The summed E-state index contributed by atoms with van der Waals surface area (Å²) < 4.78 is 19.6. The van der Waals surface area contributed by atoms with Gasteiger partial charge in [-0.3, -0.25) is 9.59 Å². The van der Waals surface area contributed by atoms with E-state index in [0.717, 1.165) is 16.8 Å². The molecule has 0 aliphatic rings. The molecule has 3 rings (SSSR count). The SMILES string of the molecule is COc1cccc(-n2c(=O)[nH]cc(C(=O)Nc3ccc(C)c(F)c3)c2=O)c1. The molecule has 0 saturated heterocycles. The van der Waals surface area contributed by atoms with Crippen LogP contribution in [0.25, 0.3) is 5.69 Å². The number of halogens is 1. The fourth-order valence-electron chi connectivity index (χ4n) is 2.49. The van der Waals surface area contributed by atoms with E-state index in [-0.39, 0.29) is 16.9 Å². The highest BCUT2D eigenvalue weighted by molar-refractivity contribution is 6.03. The summed E-state index contributed by atoms with van der Waals surface area (Å²) in [6.07, 6.45) is 1.03. The van der Waals surface area contributed by atoms with Crippen LogP contribution in [0.1, 0.15) is 15.9 Å². The zero-order chi connectivity index (χ0) is 19.6. The van der Waals surface area contributed by atoms with Gasteiger partial charge < -0.3 is 15.0 Å². The van der Waals surface area contributed by atoms with E-state index >= 15 is 0 Å². The van der Waals surface area contributed by atoms with Crippen LogP contribution >= 0.6 is 0 Å². The Kier molecular flexibility index (Phi) is 4.89. The number of nitrogens with one attached hydrogen (secondary N) is 2. The average Bonchev–Trinajstić information content (AvgIpc) is 2.65. The lowest BCUT2D eigenvalue weighted by Crippen LogP contribution is -2.38. The maximum atomic E-state index is 13.6. The minimum Gasteiger partial charge on any atom is -0.497 e. The van der Waals surface area contributed by atoms with Crippen LogP contribution in [-0.4, -0.2) is 22.6 Å². The van der Waals surface area contributed by atoms with Gasteiger partial charge in [-0.1, -0.05) is 12.1 Å². The van der Waals surface area contributed by atoms with Crippen LogP contribution < -0.4 is 21.3 Å². The van der Waals surface area contributed by atoms with E-state index in [1.165, 1.54) is 31.4 Å². The van der Waals surface area contributed by atoms with Crippen LogP contribution in [-0.2, 0) is 0 Å². The second-order valence-corrected chi connectivity index (χ2v) is 5.77. The minimum absolute atomic E-state index is 0.196. The summed E-state index contributed by atoms with van der Waals surface area (Å²) in [5, 5.41) is 2.45. The first-order valence-corrected chi connectivity index (χ1v) is 7.97. The number of carbonyl (C=O) groups excluding carboxylic acids is 1. The summed E-state index contributed by atoms with van der Waals surface area (Å²) in [4.78, 5) is 39.7. The summed E-state index contributed by atoms with van der Waals surface area (Å²) in [5.41, 5.74) is -0.933. The number of carbonyl (C=O) groups is 1. The molecule has 27 heavy (non-hydrogen) atoms. The van der Waals surface area contributed by atoms with Gasteiger partial charge in [-0.25, -0.2) is 13.8 Å². The Balaban J connectivity index is 2.01. The third kappa shape index (κ3) is 3.64. The van der Waals surface area contributed by atoms with Crippen molar-refractivity contribution in [1.82, 2.24) is 9.55 Å². The molecule has 1 amide bonds. The quantitative estimate of drug-likeness (QED) is 0.738. The predicted octanol–water partition coefficient (Wildman–Crippen LogP) is 2.23. The van der Waals surface area contributed by atoms with E-state index in [0.29, 0.717) is 11.3 Å². The largest absolute Gasteiger partial charge is 0.497 e. The summed E-state index contributed by atoms with van der Waals surface area (Å²) in [5.74, 6) is -0.803. The van der Waals surface area contributed by atoms with E-state index in [1.807, 2.05) is 0 Å². The smallest absolute Gasteiger partial charge is 0.333 e. The molecule has 138 valence electrons. The predicted molar refractivity (Wildman–Crippen MR) is 98.3 cm³/mol. The fourth-order valence-corrected chi connectivity index (χ4v) is 2.49. The van der Waals surface area contributed by atoms with Gasteiger partial charge in [0.1, 0.15) is 17.1 Å². The first-order chi connectivity index (χ1) is 12.9. The first kappa shape index (κ1) is 18.1. The number of anilines is 1. The maximum Gasteiger partial charge on any atom is 0.333 e. The summed E-state index contributed by atoms with van der Waals surface area (Å²) in [6.45, 7) is 1.59. The molecule has 0 aliphatic carbocycles. The zero-order valence-corrected chi connectivity index (χ0v) is 14.6. The molecule has 0 saturated carbocycles. The van der Waals surface area contributed by atoms with E-state index in [4.69, 9.17) is 4.74 Å². The van der Waals surface area contributed by atoms with Crippen molar-refractivity contribution < 1.29 is 13.9 Å². The van der Waals surface area contributed by atoms with Crippen LogP contribution in [0, 0.1) is 12.7 Å². The molecule has 7 nitrogen and oxygen atoms in total. The van der Waals surface area contributed by atoms with E-state index in [2.05, 4.69) is 10.3 Å². The maximum absolute atomic E-state index is 13.6. The summed E-state index contributed by atoms with van der Waals surface area (Å²) in [7, 11) is 1.46. The van der Waals surface area contributed by atoms with Crippen LogP contribution in [0.2, 0.25) is 0 Å². The van der Waals surface area contributed by atoms with Crippen molar-refractivity contribution in [2.45, 2.75) is 6.92 Å². The number of aryl methyl sites for hydroxylation is 1. The number of aromatic nitrogens is 2. The molecular weight excluding hydrogens is 353 g/mol. The number of aromatic amines is 1. The Morgan fingerprint density at radius 1 is 1.19 bits per heavy atom. The van der Waals surface area contributed by atoms with Crippen LogP contribution in [0.5, 0.6) is 5.75 Å². The highest BCUT2D eigenvalue weighted by atomic mass is 19.1. The zero-order valence-electron chi connectivity index (χ0n) is 14.6. The topological polar surface area (TPSA) is 93.2 Å². The number of amides is 1. The first-order valence-electron chi connectivity index (χ1n) is 7.97. The standard InChI is InChI=1S/C19H16FN3O4/c1-11-6-7-12(8-16(11)20)22-17(24)15-10-21-19(26)23(18(15)25)13-4-3-5-14(9-13)27-2/h3-10H,1-2H3,(H,21,26)(H,22,24). The third-order valence-corrected chi connectivity index (χ3v) is 3.96. The number of benzene rings is 2. The van der Waals surface area contributed by atoms with Crippen molar-refractivity contribution in [3.8, 4) is 11.4 Å². The molecule has 0 radical (unpaired) electrons. The number of nitrogens with zero attached hydrogens (tertiary/aromatic N) is 1. The van der Waals surface area contributed by atoms with Crippen LogP contribution in [0.4, 0.5) is 10.1 Å². The molecule has 3 aromatic rings. The second kappa shape index (κ2) is 7.28. The Bertz CT molecular complexity index is 1130. The van der Waals surface area contributed by atoms with Crippen molar-refractivity contribution in [3.05, 3.63) is 86.4 Å². The van der Waals surface area contributed by atoms with Crippen molar-refractivity contribution in [1.29, 1.82) is 0 Å². The molecule has 0 fully saturated rings. The van der Waals surface area contributed by atoms with E-state index < -0.39 is 23.0 Å². The van der Waals surface area contributed by atoms with Gasteiger partial charge in [-0.05, 0) is 36.8 Å². The van der Waals surface area contributed by atoms with Gasteiger partial charge in [0.2, 0.25) is 0 Å². The lowest BCUT2D eigenvalue weighted by atomic mass is 10.2. The Morgan fingerprint density at radius 2 is 1.96 bits per heavy atom. The molecular formula is C19H16FN3O4. The number of ether oxygens (including phenoxy) is 1. The molecule has 1 aromatic heterocycles. The van der Waals surface area contributed by atoms with Gasteiger partial charge in [-0.15, -0.1) is 0 Å². The Morgan fingerprint density at radius 3 is 2.67 bits per heavy atom. The van der Waals surface area contributed by atoms with Crippen molar-refractivity contribution in [3.63, 3.8) is 0 Å². The lowest BCUT2D eigenvalue weighted by Gasteiger charge is -2.09. The molecule has 1 heterocycles. The Hall–Kier alpha value is -3.68. The molecule has 0 spiro atoms. The van der Waals surface area contributed by atoms with Crippen molar-refractivity contribution in [2.24, 2.45) is 0 Å². The van der Waals surface area contributed by atoms with Crippen LogP contribution in [0.15, 0.2) is 58.3 Å². The minimum atomic E-state index is -0.808. The van der Waals surface area contributed by atoms with Gasteiger partial charge in [-0.2, -0.15) is 0 Å². The van der Waals surface area contributed by atoms with Gasteiger partial charge in [0.25, 0.3) is 11.5 Å². The molecule has 2 aromatic carbocycles. The number of methoxy groups -OCH3 is 1. The van der Waals surface area contributed by atoms with Gasteiger partial charge in [0.05, 0.1) is 12.8 Å². The van der Waals surface area contributed by atoms with Crippen molar-refractivity contribution >= 4 is 11.6 Å². The van der Waals surface area contributed by atoms with E-state index in [9.17, 15) is 18.8 Å². The molecule has 0 unspecified atom stereocenters. The highest BCUT2D eigenvalue weighted by Crippen LogP contribution is 2.15. The lowest BCUT2D eigenvalue weighted by molar-refractivity contribution is 0.102. The van der Waals surface area contributed by atoms with Crippen LogP contribution in [0.3, 0.4) is 0 Å². The average molecular weight is 369 g/mol. The number of H-pyrrole nitrogens is 1. The molecule has 2 N–H and O–H groups in total. The second-order valence-electron chi connectivity index (χ2n) is 5.77. The Labute approximate surface area is 153 Å². The molecule has 0 atom stereocenters. The molecule has 0 bridgehead atoms. The molecule has 8 heteroatoms. The fraction of sp³-hybridized carbons (Fsp3) is 0.105. The van der Waals surface area contributed by atoms with E-state index in [1.54, 1.807) is 19.1 Å². The van der Waals surface area contributed by atoms with Gasteiger partial charge in [0, 0.05) is 18.0 Å². The third-order valence-electron chi connectivity index (χ3n) is 3.96. The van der Waals surface area contributed by atoms with Gasteiger partial charge >= 0.3 is 5.69 Å². The molecule has 0 aliphatic heterocycles. The number of rotatable bonds is 4. The number of hydrogen-bond acceptors (Lipinski definition) is 4.